The molecule has 3 nitrogen and oxygen atoms in total. The summed E-state index contributed by atoms with van der Waals surface area (Å²) in [6.45, 7) is 9.27. The number of piperazine rings is 1. The molecule has 1 atom stereocenters. The minimum absolute atomic E-state index is 0.201. The van der Waals surface area contributed by atoms with Crippen molar-refractivity contribution in [2.75, 3.05) is 46.3 Å². The van der Waals surface area contributed by atoms with E-state index in [0.29, 0.717) is 19.1 Å². The standard InChI is InChI=1S/C14H28F3N3/c1-13(2,3)12(18-4)5-6-19-7-9-20(10-8-19)11-14(15,16)17/h12,18H,5-11H2,1-4H3. The molecule has 1 unspecified atom stereocenters. The summed E-state index contributed by atoms with van der Waals surface area (Å²) in [6, 6.07) is 0.427. The first-order valence-corrected chi connectivity index (χ1v) is 7.30. The summed E-state index contributed by atoms with van der Waals surface area (Å²) < 4.78 is 36.9. The molecule has 1 rings (SSSR count). The zero-order valence-electron chi connectivity index (χ0n) is 13.1. The lowest BCUT2D eigenvalue weighted by Crippen LogP contribution is -2.50. The van der Waals surface area contributed by atoms with Crippen LogP contribution in [0.3, 0.4) is 0 Å². The quantitative estimate of drug-likeness (QED) is 0.839. The molecular weight excluding hydrogens is 267 g/mol. The molecule has 0 saturated carbocycles. The fourth-order valence-electron chi connectivity index (χ4n) is 2.75. The average molecular weight is 295 g/mol. The van der Waals surface area contributed by atoms with Gasteiger partial charge in [-0.15, -0.1) is 0 Å². The molecule has 1 heterocycles. The van der Waals surface area contributed by atoms with Crippen LogP contribution in [0.2, 0.25) is 0 Å². The molecule has 0 aromatic rings. The Balaban J connectivity index is 2.29. The SMILES string of the molecule is CNC(CCN1CCN(CC(F)(F)F)CC1)C(C)(C)C. The van der Waals surface area contributed by atoms with Gasteiger partial charge in [-0.2, -0.15) is 13.2 Å². The van der Waals surface area contributed by atoms with Gasteiger partial charge in [0.2, 0.25) is 0 Å². The Morgan fingerprint density at radius 2 is 1.50 bits per heavy atom. The van der Waals surface area contributed by atoms with Gasteiger partial charge in [-0.05, 0) is 25.4 Å². The van der Waals surface area contributed by atoms with Gasteiger partial charge in [0, 0.05) is 32.2 Å². The number of rotatable bonds is 5. The molecule has 1 saturated heterocycles. The number of halogens is 3. The average Bonchev–Trinajstić information content (AvgIpc) is 2.28. The minimum Gasteiger partial charge on any atom is -0.316 e. The second kappa shape index (κ2) is 7.09. The van der Waals surface area contributed by atoms with Gasteiger partial charge in [0.15, 0.2) is 0 Å². The summed E-state index contributed by atoms with van der Waals surface area (Å²) in [7, 11) is 1.97. The van der Waals surface area contributed by atoms with Crippen molar-refractivity contribution >= 4 is 0 Å². The van der Waals surface area contributed by atoms with Gasteiger partial charge in [-0.1, -0.05) is 20.8 Å². The summed E-state index contributed by atoms with van der Waals surface area (Å²) in [5, 5.41) is 3.34. The molecule has 0 spiro atoms. The molecule has 20 heavy (non-hydrogen) atoms. The zero-order chi connectivity index (χ0) is 15.4. The first kappa shape index (κ1) is 17.7. The smallest absolute Gasteiger partial charge is 0.316 e. The highest BCUT2D eigenvalue weighted by Crippen LogP contribution is 2.22. The fourth-order valence-corrected chi connectivity index (χ4v) is 2.75. The highest BCUT2D eigenvalue weighted by atomic mass is 19.4. The maximum atomic E-state index is 12.3. The highest BCUT2D eigenvalue weighted by Gasteiger charge is 2.32. The molecule has 6 heteroatoms. The van der Waals surface area contributed by atoms with E-state index >= 15 is 0 Å². The topological polar surface area (TPSA) is 18.5 Å². The zero-order valence-corrected chi connectivity index (χ0v) is 13.1. The van der Waals surface area contributed by atoms with Crippen molar-refractivity contribution in [3.05, 3.63) is 0 Å². The second-order valence-electron chi connectivity index (χ2n) is 6.73. The third-order valence-corrected chi connectivity index (χ3v) is 4.00. The predicted molar refractivity (Wildman–Crippen MR) is 75.9 cm³/mol. The second-order valence-corrected chi connectivity index (χ2v) is 6.73. The van der Waals surface area contributed by atoms with E-state index in [1.54, 1.807) is 0 Å². The molecule has 0 aromatic heterocycles. The van der Waals surface area contributed by atoms with Gasteiger partial charge in [0.05, 0.1) is 6.54 Å². The molecule has 0 aliphatic carbocycles. The summed E-state index contributed by atoms with van der Waals surface area (Å²) in [6.07, 6.45) is -3.05. The van der Waals surface area contributed by atoms with E-state index in [4.69, 9.17) is 0 Å². The Hall–Kier alpha value is -0.330. The van der Waals surface area contributed by atoms with E-state index in [9.17, 15) is 13.2 Å². The van der Waals surface area contributed by atoms with Crippen LogP contribution in [0.4, 0.5) is 13.2 Å². The van der Waals surface area contributed by atoms with Crippen molar-refractivity contribution in [2.45, 2.75) is 39.4 Å². The van der Waals surface area contributed by atoms with Crippen LogP contribution >= 0.6 is 0 Å². The maximum Gasteiger partial charge on any atom is 0.401 e. The summed E-state index contributed by atoms with van der Waals surface area (Å²) in [5.74, 6) is 0. The van der Waals surface area contributed by atoms with Gasteiger partial charge in [-0.25, -0.2) is 0 Å². The van der Waals surface area contributed by atoms with Gasteiger partial charge in [0.1, 0.15) is 0 Å². The van der Waals surface area contributed by atoms with Crippen LogP contribution in [0.5, 0.6) is 0 Å². The molecule has 1 aliphatic heterocycles. The molecule has 0 aromatic carbocycles. The first-order valence-electron chi connectivity index (χ1n) is 7.30. The molecule has 1 fully saturated rings. The van der Waals surface area contributed by atoms with Crippen molar-refractivity contribution in [3.63, 3.8) is 0 Å². The Kier molecular flexibility index (Phi) is 6.28. The van der Waals surface area contributed by atoms with Crippen molar-refractivity contribution < 1.29 is 13.2 Å². The lowest BCUT2D eigenvalue weighted by Gasteiger charge is -2.37. The van der Waals surface area contributed by atoms with E-state index < -0.39 is 12.7 Å². The van der Waals surface area contributed by atoms with Gasteiger partial charge in [-0.3, -0.25) is 4.90 Å². The van der Waals surface area contributed by atoms with Crippen molar-refractivity contribution in [1.29, 1.82) is 0 Å². The Labute approximate surface area is 120 Å². The molecule has 0 radical (unpaired) electrons. The van der Waals surface area contributed by atoms with Crippen LogP contribution in [-0.2, 0) is 0 Å². The van der Waals surface area contributed by atoms with Crippen LogP contribution in [0.25, 0.3) is 0 Å². The first-order chi connectivity index (χ1) is 9.12. The molecule has 120 valence electrons. The van der Waals surface area contributed by atoms with E-state index in [-0.39, 0.29) is 5.41 Å². The van der Waals surface area contributed by atoms with Gasteiger partial charge < -0.3 is 10.2 Å². The van der Waals surface area contributed by atoms with Crippen molar-refractivity contribution in [2.24, 2.45) is 5.41 Å². The van der Waals surface area contributed by atoms with Crippen molar-refractivity contribution in [3.8, 4) is 0 Å². The number of hydrogen-bond donors (Lipinski definition) is 1. The summed E-state index contributed by atoms with van der Waals surface area (Å²) in [5.41, 5.74) is 0.201. The Bertz CT molecular complexity index is 278. The lowest BCUT2D eigenvalue weighted by molar-refractivity contribution is -0.149. The highest BCUT2D eigenvalue weighted by molar-refractivity contribution is 4.81. The number of nitrogens with zero attached hydrogens (tertiary/aromatic N) is 2. The van der Waals surface area contributed by atoms with Crippen LogP contribution in [0.1, 0.15) is 27.2 Å². The minimum atomic E-state index is -4.08. The van der Waals surface area contributed by atoms with Crippen LogP contribution in [-0.4, -0.2) is 68.3 Å². The molecular formula is C14H28F3N3. The monoisotopic (exact) mass is 295 g/mol. The number of hydrogen-bond acceptors (Lipinski definition) is 3. The Morgan fingerprint density at radius 1 is 1.00 bits per heavy atom. The van der Waals surface area contributed by atoms with Gasteiger partial charge >= 0.3 is 6.18 Å². The third-order valence-electron chi connectivity index (χ3n) is 4.00. The molecule has 1 aliphatic rings. The number of nitrogens with one attached hydrogen (secondary N) is 1. The van der Waals surface area contributed by atoms with Crippen molar-refractivity contribution in [1.82, 2.24) is 15.1 Å². The molecule has 1 N–H and O–H groups in total. The third kappa shape index (κ3) is 6.41. The largest absolute Gasteiger partial charge is 0.401 e. The molecule has 0 amide bonds. The summed E-state index contributed by atoms with van der Waals surface area (Å²) in [4.78, 5) is 3.76. The number of alkyl halides is 3. The lowest BCUT2D eigenvalue weighted by atomic mass is 9.85. The van der Waals surface area contributed by atoms with Crippen LogP contribution in [0.15, 0.2) is 0 Å². The van der Waals surface area contributed by atoms with E-state index in [0.717, 1.165) is 26.1 Å². The summed E-state index contributed by atoms with van der Waals surface area (Å²) >= 11 is 0. The maximum absolute atomic E-state index is 12.3. The fraction of sp³-hybridized carbons (Fsp3) is 1.00. The predicted octanol–water partition coefficient (Wildman–Crippen LogP) is 2.19. The van der Waals surface area contributed by atoms with Crippen LogP contribution < -0.4 is 5.32 Å². The van der Waals surface area contributed by atoms with Gasteiger partial charge in [0.25, 0.3) is 0 Å². The van der Waals surface area contributed by atoms with E-state index in [1.165, 1.54) is 4.90 Å². The van der Waals surface area contributed by atoms with E-state index in [2.05, 4.69) is 31.0 Å². The molecule has 0 bridgehead atoms. The Morgan fingerprint density at radius 3 is 1.90 bits per heavy atom. The van der Waals surface area contributed by atoms with Crippen LogP contribution in [0, 0.1) is 5.41 Å². The van der Waals surface area contributed by atoms with E-state index in [1.807, 2.05) is 7.05 Å². The normalized spacial score (nSPS) is 21.1.